The van der Waals surface area contributed by atoms with E-state index in [9.17, 15) is 9.59 Å². The molecule has 3 heterocycles. The summed E-state index contributed by atoms with van der Waals surface area (Å²) in [6.07, 6.45) is 4.34. The highest BCUT2D eigenvalue weighted by Gasteiger charge is 2.20. The van der Waals surface area contributed by atoms with Gasteiger partial charge in [-0.05, 0) is 37.5 Å². The molecule has 0 amide bonds. The van der Waals surface area contributed by atoms with Crippen molar-refractivity contribution < 1.29 is 4.74 Å². The van der Waals surface area contributed by atoms with Gasteiger partial charge in [0.15, 0.2) is 0 Å². The highest BCUT2D eigenvalue weighted by atomic mass is 16.5. The predicted molar refractivity (Wildman–Crippen MR) is 102 cm³/mol. The minimum absolute atomic E-state index is 0.150. The molecule has 28 heavy (non-hydrogen) atoms. The topological polar surface area (TPSA) is 120 Å². The Kier molecular flexibility index (Phi) is 5.02. The first-order valence-corrected chi connectivity index (χ1v) is 9.14. The van der Waals surface area contributed by atoms with Gasteiger partial charge < -0.3 is 10.1 Å². The Labute approximate surface area is 160 Å². The molecular weight excluding hydrogens is 362 g/mol. The Bertz CT molecular complexity index is 1020. The molecule has 3 aromatic rings. The van der Waals surface area contributed by atoms with Crippen molar-refractivity contribution in [2.75, 3.05) is 18.5 Å². The maximum Gasteiger partial charge on any atom is 0.355 e. The van der Waals surface area contributed by atoms with E-state index in [-0.39, 0.29) is 18.0 Å². The fourth-order valence-corrected chi connectivity index (χ4v) is 3.33. The lowest BCUT2D eigenvalue weighted by Crippen LogP contribution is -2.42. The number of aromatic nitrogens is 6. The maximum atomic E-state index is 12.5. The van der Waals surface area contributed by atoms with Crippen LogP contribution in [0.5, 0.6) is 0 Å². The van der Waals surface area contributed by atoms with Crippen molar-refractivity contribution in [3.05, 3.63) is 63.5 Å². The molecule has 1 fully saturated rings. The largest absolute Gasteiger partial charge is 0.381 e. The van der Waals surface area contributed by atoms with Crippen LogP contribution in [0, 0.1) is 0 Å². The summed E-state index contributed by atoms with van der Waals surface area (Å²) < 4.78 is 8.13. The van der Waals surface area contributed by atoms with Gasteiger partial charge in [0.25, 0.3) is 0 Å². The summed E-state index contributed by atoms with van der Waals surface area (Å²) in [5.41, 5.74) is 0.795. The molecule has 0 bridgehead atoms. The molecule has 2 aromatic heterocycles. The molecule has 10 nitrogen and oxygen atoms in total. The van der Waals surface area contributed by atoms with Gasteiger partial charge >= 0.3 is 11.4 Å². The number of ether oxygens (including phenoxy) is 1. The lowest BCUT2D eigenvalue weighted by Gasteiger charge is -2.23. The molecule has 1 aliphatic rings. The minimum atomic E-state index is -0.554. The van der Waals surface area contributed by atoms with Gasteiger partial charge in [0, 0.05) is 19.3 Å². The first-order chi connectivity index (χ1) is 13.6. The van der Waals surface area contributed by atoms with E-state index < -0.39 is 11.4 Å². The Morgan fingerprint density at radius 2 is 2.11 bits per heavy atom. The third-order valence-corrected chi connectivity index (χ3v) is 4.82. The van der Waals surface area contributed by atoms with Gasteiger partial charge in [0.2, 0.25) is 5.95 Å². The smallest absolute Gasteiger partial charge is 0.355 e. The molecule has 1 aromatic carbocycles. The third kappa shape index (κ3) is 3.72. The number of nitrogens with one attached hydrogen (secondary N) is 2. The molecule has 1 saturated heterocycles. The van der Waals surface area contributed by atoms with Crippen molar-refractivity contribution in [3.8, 4) is 5.69 Å². The van der Waals surface area contributed by atoms with Crippen LogP contribution in [0.2, 0.25) is 0 Å². The van der Waals surface area contributed by atoms with Crippen LogP contribution in [-0.4, -0.2) is 42.5 Å². The van der Waals surface area contributed by atoms with Crippen LogP contribution < -0.4 is 16.7 Å². The summed E-state index contributed by atoms with van der Waals surface area (Å²) >= 11 is 0. The van der Waals surface area contributed by atoms with E-state index in [4.69, 9.17) is 4.74 Å². The van der Waals surface area contributed by atoms with Crippen LogP contribution in [-0.2, 0) is 4.74 Å². The maximum absolute atomic E-state index is 12.5. The van der Waals surface area contributed by atoms with Gasteiger partial charge in [-0.15, -0.1) is 0 Å². The van der Waals surface area contributed by atoms with Crippen LogP contribution in [0.4, 0.5) is 5.95 Å². The van der Waals surface area contributed by atoms with E-state index in [0.29, 0.717) is 26.1 Å². The molecule has 2 N–H and O–H groups in total. The summed E-state index contributed by atoms with van der Waals surface area (Å²) in [6, 6.07) is 7.35. The van der Waals surface area contributed by atoms with Crippen LogP contribution in [0.1, 0.15) is 37.4 Å². The number of H-pyrrole nitrogens is 1. The second-order valence-electron chi connectivity index (χ2n) is 6.69. The van der Waals surface area contributed by atoms with E-state index in [2.05, 4.69) is 25.4 Å². The minimum Gasteiger partial charge on any atom is -0.381 e. The van der Waals surface area contributed by atoms with E-state index in [1.807, 2.05) is 31.2 Å². The van der Waals surface area contributed by atoms with Crippen molar-refractivity contribution >= 4 is 5.95 Å². The fraction of sp³-hybridized carbons (Fsp3) is 0.389. The van der Waals surface area contributed by atoms with Gasteiger partial charge in [0.05, 0.1) is 11.7 Å². The number of rotatable bonds is 5. The van der Waals surface area contributed by atoms with E-state index in [1.165, 1.54) is 10.9 Å². The summed E-state index contributed by atoms with van der Waals surface area (Å²) in [7, 11) is 0. The lowest BCUT2D eigenvalue weighted by molar-refractivity contribution is 0.0670. The zero-order valence-electron chi connectivity index (χ0n) is 15.4. The van der Waals surface area contributed by atoms with Crippen molar-refractivity contribution in [3.63, 3.8) is 0 Å². The SMILES string of the molecule is C[C@H](Nc1nc(=O)n(C2CCOCC2)c(=O)[nH]1)c1cccc(-n2cncn2)c1. The number of aromatic amines is 1. The van der Waals surface area contributed by atoms with Gasteiger partial charge in [-0.3, -0.25) is 4.98 Å². The van der Waals surface area contributed by atoms with Crippen molar-refractivity contribution in [1.29, 1.82) is 0 Å². The second-order valence-corrected chi connectivity index (χ2v) is 6.69. The summed E-state index contributed by atoms with van der Waals surface area (Å²) in [6.45, 7) is 3.00. The van der Waals surface area contributed by atoms with Crippen LogP contribution in [0.15, 0.2) is 46.5 Å². The second kappa shape index (κ2) is 7.77. The van der Waals surface area contributed by atoms with Crippen LogP contribution in [0.3, 0.4) is 0 Å². The van der Waals surface area contributed by atoms with Gasteiger partial charge in [-0.1, -0.05) is 12.1 Å². The molecule has 146 valence electrons. The zero-order chi connectivity index (χ0) is 19.5. The normalized spacial score (nSPS) is 16.0. The average Bonchev–Trinajstić information content (AvgIpc) is 3.23. The first-order valence-electron chi connectivity index (χ1n) is 9.14. The zero-order valence-corrected chi connectivity index (χ0v) is 15.4. The Morgan fingerprint density at radius 1 is 1.29 bits per heavy atom. The van der Waals surface area contributed by atoms with Crippen molar-refractivity contribution in [2.45, 2.75) is 31.8 Å². The highest BCUT2D eigenvalue weighted by Crippen LogP contribution is 2.20. The van der Waals surface area contributed by atoms with Gasteiger partial charge in [-0.2, -0.15) is 10.1 Å². The third-order valence-electron chi connectivity index (χ3n) is 4.82. The van der Waals surface area contributed by atoms with E-state index >= 15 is 0 Å². The molecule has 0 spiro atoms. The van der Waals surface area contributed by atoms with E-state index in [0.717, 1.165) is 11.3 Å². The summed E-state index contributed by atoms with van der Waals surface area (Å²) in [5, 5.41) is 7.21. The van der Waals surface area contributed by atoms with Gasteiger partial charge in [0.1, 0.15) is 12.7 Å². The Balaban J connectivity index is 1.55. The average molecular weight is 383 g/mol. The molecule has 0 radical (unpaired) electrons. The fourth-order valence-electron chi connectivity index (χ4n) is 3.33. The summed E-state index contributed by atoms with van der Waals surface area (Å²) in [5.74, 6) is 0.150. The van der Waals surface area contributed by atoms with Crippen LogP contribution in [0.25, 0.3) is 5.69 Å². The van der Waals surface area contributed by atoms with Crippen molar-refractivity contribution in [1.82, 2.24) is 29.3 Å². The standard InChI is InChI=1S/C18H21N7O3/c1-12(13-3-2-4-15(9-13)24-11-19-10-20-24)21-16-22-17(26)25(18(27)23-16)14-5-7-28-8-6-14/h2-4,9-12,14H,5-8H2,1H3,(H2,21,22,23,26,27)/t12-/m0/s1. The van der Waals surface area contributed by atoms with Crippen molar-refractivity contribution in [2.24, 2.45) is 0 Å². The lowest BCUT2D eigenvalue weighted by atomic mass is 10.1. The van der Waals surface area contributed by atoms with E-state index in [1.54, 1.807) is 11.0 Å². The number of anilines is 1. The molecule has 0 aliphatic carbocycles. The highest BCUT2D eigenvalue weighted by molar-refractivity contribution is 5.38. The molecule has 0 unspecified atom stereocenters. The Hall–Kier alpha value is -3.27. The van der Waals surface area contributed by atoms with Crippen LogP contribution >= 0.6 is 0 Å². The number of benzene rings is 1. The molecule has 1 aliphatic heterocycles. The first kappa shape index (κ1) is 18.1. The number of hydrogen-bond acceptors (Lipinski definition) is 7. The molecule has 4 rings (SSSR count). The molecule has 10 heteroatoms. The predicted octanol–water partition coefficient (Wildman–Crippen LogP) is 1.04. The monoisotopic (exact) mass is 383 g/mol. The number of hydrogen-bond donors (Lipinski definition) is 2. The quantitative estimate of drug-likeness (QED) is 0.675. The summed E-state index contributed by atoms with van der Waals surface area (Å²) in [4.78, 5) is 35.5. The Morgan fingerprint density at radius 3 is 2.82 bits per heavy atom. The number of nitrogens with zero attached hydrogens (tertiary/aromatic N) is 5. The van der Waals surface area contributed by atoms with Gasteiger partial charge in [-0.25, -0.2) is 23.8 Å². The molecular formula is C18H21N7O3. The molecule has 1 atom stereocenters. The molecule has 0 saturated carbocycles.